The van der Waals surface area contributed by atoms with Gasteiger partial charge >= 0.3 is 0 Å². The molecule has 2 aromatic rings. The molecule has 1 aliphatic heterocycles. The van der Waals surface area contributed by atoms with Gasteiger partial charge in [-0.15, -0.1) is 23.7 Å². The van der Waals surface area contributed by atoms with Crippen LogP contribution in [0.25, 0.3) is 0 Å². The minimum atomic E-state index is -0.473. The molecule has 26 heavy (non-hydrogen) atoms. The second-order valence-corrected chi connectivity index (χ2v) is 7.33. The number of amides is 1. The zero-order valence-electron chi connectivity index (χ0n) is 14.7. The molecule has 0 fully saturated rings. The fourth-order valence-electron chi connectivity index (χ4n) is 3.38. The Kier molecular flexibility index (Phi) is 6.75. The maximum Gasteiger partial charge on any atom is 0.269 e. The standard InChI is InChI=1S/C18H21N3O3S.ClH/c1-12-11-17-16(7-10-25-17)13(2)20(12)9-8-19-18(22)14-3-5-15(6-4-14)21(23)24;/h3-7,10,12-13H,8-9,11H2,1-2H3,(H,19,22);1H. The maximum atomic E-state index is 12.2. The molecule has 1 aliphatic rings. The number of nitro groups is 1. The van der Waals surface area contributed by atoms with Crippen molar-refractivity contribution in [3.05, 3.63) is 61.8 Å². The molecule has 1 aromatic heterocycles. The third-order valence-corrected chi connectivity index (χ3v) is 5.73. The number of fused-ring (bicyclic) bond motifs is 1. The summed E-state index contributed by atoms with van der Waals surface area (Å²) in [5.74, 6) is -0.205. The number of benzene rings is 1. The molecule has 8 heteroatoms. The summed E-state index contributed by atoms with van der Waals surface area (Å²) in [4.78, 5) is 26.2. The zero-order valence-corrected chi connectivity index (χ0v) is 16.3. The second kappa shape index (κ2) is 8.62. The highest BCUT2D eigenvalue weighted by Gasteiger charge is 2.29. The van der Waals surface area contributed by atoms with Crippen LogP contribution in [0.5, 0.6) is 0 Å². The van der Waals surface area contributed by atoms with Crippen molar-refractivity contribution in [3.8, 4) is 0 Å². The Labute approximate surface area is 162 Å². The molecule has 0 radical (unpaired) electrons. The molecule has 2 heterocycles. The molecule has 0 bridgehead atoms. The van der Waals surface area contributed by atoms with E-state index >= 15 is 0 Å². The number of nitrogens with one attached hydrogen (secondary N) is 1. The van der Waals surface area contributed by atoms with E-state index in [2.05, 4.69) is 35.5 Å². The van der Waals surface area contributed by atoms with Gasteiger partial charge in [-0.25, -0.2) is 0 Å². The van der Waals surface area contributed by atoms with E-state index in [4.69, 9.17) is 0 Å². The Hall–Kier alpha value is -1.96. The third kappa shape index (κ3) is 4.23. The summed E-state index contributed by atoms with van der Waals surface area (Å²) in [5, 5.41) is 15.7. The molecule has 0 saturated heterocycles. The van der Waals surface area contributed by atoms with E-state index in [1.807, 2.05) is 11.3 Å². The number of nitrogens with zero attached hydrogens (tertiary/aromatic N) is 2. The lowest BCUT2D eigenvalue weighted by Gasteiger charge is -2.39. The topological polar surface area (TPSA) is 75.5 Å². The van der Waals surface area contributed by atoms with E-state index in [9.17, 15) is 14.9 Å². The Morgan fingerprint density at radius 3 is 2.65 bits per heavy atom. The van der Waals surface area contributed by atoms with E-state index in [1.165, 1.54) is 34.7 Å². The van der Waals surface area contributed by atoms with E-state index in [0.717, 1.165) is 13.0 Å². The first kappa shape index (κ1) is 20.4. The van der Waals surface area contributed by atoms with Crippen LogP contribution in [0.2, 0.25) is 0 Å². The maximum absolute atomic E-state index is 12.2. The van der Waals surface area contributed by atoms with Crippen LogP contribution in [-0.2, 0) is 6.42 Å². The molecule has 3 rings (SSSR count). The molecule has 2 atom stereocenters. The van der Waals surface area contributed by atoms with Crippen LogP contribution >= 0.6 is 23.7 Å². The van der Waals surface area contributed by atoms with Crippen molar-refractivity contribution in [2.75, 3.05) is 13.1 Å². The lowest BCUT2D eigenvalue weighted by atomic mass is 9.96. The van der Waals surface area contributed by atoms with Gasteiger partial charge in [0.2, 0.25) is 0 Å². The lowest BCUT2D eigenvalue weighted by molar-refractivity contribution is -0.384. The number of thiophene rings is 1. The molecular weight excluding hydrogens is 374 g/mol. The Balaban J connectivity index is 0.00000243. The average Bonchev–Trinajstić information content (AvgIpc) is 3.06. The Morgan fingerprint density at radius 1 is 1.31 bits per heavy atom. The molecule has 6 nitrogen and oxygen atoms in total. The van der Waals surface area contributed by atoms with Crippen LogP contribution in [0.4, 0.5) is 5.69 Å². The van der Waals surface area contributed by atoms with Gasteiger partial charge < -0.3 is 5.32 Å². The average molecular weight is 396 g/mol. The van der Waals surface area contributed by atoms with Gasteiger partial charge in [0.25, 0.3) is 11.6 Å². The van der Waals surface area contributed by atoms with Crippen molar-refractivity contribution < 1.29 is 9.72 Å². The van der Waals surface area contributed by atoms with Gasteiger partial charge in [-0.3, -0.25) is 19.8 Å². The summed E-state index contributed by atoms with van der Waals surface area (Å²) >= 11 is 1.82. The summed E-state index contributed by atoms with van der Waals surface area (Å²) in [7, 11) is 0. The molecule has 1 N–H and O–H groups in total. The highest BCUT2D eigenvalue weighted by atomic mass is 35.5. The van der Waals surface area contributed by atoms with Crippen molar-refractivity contribution in [3.63, 3.8) is 0 Å². The third-order valence-electron chi connectivity index (χ3n) is 4.77. The largest absolute Gasteiger partial charge is 0.351 e. The number of rotatable bonds is 5. The van der Waals surface area contributed by atoms with E-state index in [1.54, 1.807) is 0 Å². The summed E-state index contributed by atoms with van der Waals surface area (Å²) < 4.78 is 0. The number of nitro benzene ring substituents is 1. The number of halogens is 1. The first-order valence-corrected chi connectivity index (χ1v) is 9.20. The second-order valence-electron chi connectivity index (χ2n) is 6.33. The number of hydrogen-bond donors (Lipinski definition) is 1. The van der Waals surface area contributed by atoms with Gasteiger partial charge in [-0.2, -0.15) is 0 Å². The number of carbonyl (C=O) groups is 1. The van der Waals surface area contributed by atoms with Crippen LogP contribution in [0, 0.1) is 10.1 Å². The fraction of sp³-hybridized carbons (Fsp3) is 0.389. The van der Waals surface area contributed by atoms with Gasteiger partial charge in [0.15, 0.2) is 0 Å². The summed E-state index contributed by atoms with van der Waals surface area (Å²) in [6.45, 7) is 5.75. The predicted octanol–water partition coefficient (Wildman–Crippen LogP) is 3.82. The van der Waals surface area contributed by atoms with Crippen LogP contribution < -0.4 is 5.32 Å². The molecule has 140 valence electrons. The SMILES string of the molecule is CC1Cc2sccc2C(C)N1CCNC(=O)c1ccc([N+](=O)[O-])cc1.Cl. The summed E-state index contributed by atoms with van der Waals surface area (Å²) in [6, 6.07) is 8.65. The quantitative estimate of drug-likeness (QED) is 0.616. The van der Waals surface area contributed by atoms with Crippen molar-refractivity contribution >= 4 is 35.3 Å². The first-order valence-electron chi connectivity index (χ1n) is 8.32. The highest BCUT2D eigenvalue weighted by Crippen LogP contribution is 2.35. The van der Waals surface area contributed by atoms with Gasteiger partial charge in [0, 0.05) is 47.7 Å². The van der Waals surface area contributed by atoms with Crippen molar-refractivity contribution in [1.29, 1.82) is 0 Å². The summed E-state index contributed by atoms with van der Waals surface area (Å²) in [5.41, 5.74) is 1.81. The number of hydrogen-bond acceptors (Lipinski definition) is 5. The Morgan fingerprint density at radius 2 is 2.00 bits per heavy atom. The molecule has 0 saturated carbocycles. The Bertz CT molecular complexity index is 778. The van der Waals surface area contributed by atoms with E-state index in [-0.39, 0.29) is 24.0 Å². The smallest absolute Gasteiger partial charge is 0.269 e. The highest BCUT2D eigenvalue weighted by molar-refractivity contribution is 7.10. The van der Waals surface area contributed by atoms with Crippen LogP contribution in [-0.4, -0.2) is 34.9 Å². The monoisotopic (exact) mass is 395 g/mol. The molecule has 1 aromatic carbocycles. The normalized spacial score (nSPS) is 19.3. The predicted molar refractivity (Wildman–Crippen MR) is 105 cm³/mol. The van der Waals surface area contributed by atoms with Gasteiger partial charge in [0.1, 0.15) is 0 Å². The van der Waals surface area contributed by atoms with Crippen LogP contribution in [0.15, 0.2) is 35.7 Å². The van der Waals surface area contributed by atoms with Crippen molar-refractivity contribution in [2.24, 2.45) is 0 Å². The van der Waals surface area contributed by atoms with Crippen LogP contribution in [0.3, 0.4) is 0 Å². The lowest BCUT2D eigenvalue weighted by Crippen LogP contribution is -2.44. The molecule has 2 unspecified atom stereocenters. The van der Waals surface area contributed by atoms with Gasteiger partial charge in [0.05, 0.1) is 4.92 Å². The minimum Gasteiger partial charge on any atom is -0.351 e. The minimum absolute atomic E-state index is 0. The van der Waals surface area contributed by atoms with Crippen LogP contribution in [0.1, 0.15) is 40.7 Å². The van der Waals surface area contributed by atoms with E-state index < -0.39 is 4.92 Å². The van der Waals surface area contributed by atoms with E-state index in [0.29, 0.717) is 24.2 Å². The molecular formula is C18H22ClN3O3S. The number of carbonyl (C=O) groups excluding carboxylic acids is 1. The van der Waals surface area contributed by atoms with Gasteiger partial charge in [-0.1, -0.05) is 0 Å². The fourth-order valence-corrected chi connectivity index (χ4v) is 4.47. The molecule has 0 aliphatic carbocycles. The number of non-ortho nitro benzene ring substituents is 1. The summed E-state index contributed by atoms with van der Waals surface area (Å²) in [6.07, 6.45) is 1.05. The zero-order chi connectivity index (χ0) is 18.0. The molecule has 0 spiro atoms. The van der Waals surface area contributed by atoms with Gasteiger partial charge in [-0.05, 0) is 49.4 Å². The molecule has 1 amide bonds. The first-order chi connectivity index (χ1) is 12.0. The van der Waals surface area contributed by atoms with Crippen molar-refractivity contribution in [1.82, 2.24) is 10.2 Å². The van der Waals surface area contributed by atoms with Crippen molar-refractivity contribution in [2.45, 2.75) is 32.4 Å².